The van der Waals surface area contributed by atoms with Crippen molar-refractivity contribution < 1.29 is 24.2 Å². The predicted octanol–water partition coefficient (Wildman–Crippen LogP) is 0.951. The van der Waals surface area contributed by atoms with E-state index in [9.17, 15) is 9.90 Å². The van der Waals surface area contributed by atoms with Gasteiger partial charge in [0.1, 0.15) is 0 Å². The first kappa shape index (κ1) is 14.0. The Balaban J connectivity index is 1.95. The first-order valence-corrected chi connectivity index (χ1v) is 6.28. The molecule has 0 aliphatic carbocycles. The lowest BCUT2D eigenvalue weighted by molar-refractivity contribution is -0.0777. The van der Waals surface area contributed by atoms with E-state index < -0.39 is 11.6 Å². The Labute approximate surface area is 111 Å². The minimum absolute atomic E-state index is 0.0363. The molecule has 106 valence electrons. The van der Waals surface area contributed by atoms with Crippen LogP contribution in [-0.4, -0.2) is 53.5 Å². The molecule has 1 aromatic heterocycles. The summed E-state index contributed by atoms with van der Waals surface area (Å²) in [5, 5.41) is 19.3. The number of nitrogens with zero attached hydrogens (tertiary/aromatic N) is 1. The zero-order valence-corrected chi connectivity index (χ0v) is 11.0. The van der Waals surface area contributed by atoms with Crippen LogP contribution < -0.4 is 0 Å². The van der Waals surface area contributed by atoms with Crippen LogP contribution in [-0.2, 0) is 11.3 Å². The van der Waals surface area contributed by atoms with Gasteiger partial charge in [0.15, 0.2) is 0 Å². The molecule has 2 heterocycles. The summed E-state index contributed by atoms with van der Waals surface area (Å²) in [4.78, 5) is 12.8. The van der Waals surface area contributed by atoms with Crippen LogP contribution in [0.5, 0.6) is 0 Å². The average molecular weight is 269 g/mol. The number of carboxylic acid groups (broad SMARTS) is 1. The van der Waals surface area contributed by atoms with Crippen molar-refractivity contribution in [3.05, 3.63) is 23.7 Å². The number of furan rings is 1. The molecule has 0 aromatic carbocycles. The van der Waals surface area contributed by atoms with Gasteiger partial charge in [0.25, 0.3) is 0 Å². The summed E-state index contributed by atoms with van der Waals surface area (Å²) in [7, 11) is 1.85. The van der Waals surface area contributed by atoms with Crippen LogP contribution in [0, 0.1) is 0 Å². The van der Waals surface area contributed by atoms with Crippen LogP contribution in [0.2, 0.25) is 0 Å². The molecule has 19 heavy (non-hydrogen) atoms. The van der Waals surface area contributed by atoms with Crippen LogP contribution in [0.15, 0.2) is 16.7 Å². The summed E-state index contributed by atoms with van der Waals surface area (Å²) >= 11 is 0. The van der Waals surface area contributed by atoms with Gasteiger partial charge >= 0.3 is 5.97 Å². The van der Waals surface area contributed by atoms with E-state index in [1.807, 2.05) is 11.9 Å². The van der Waals surface area contributed by atoms with Gasteiger partial charge in [0.2, 0.25) is 5.76 Å². The van der Waals surface area contributed by atoms with Gasteiger partial charge in [-0.15, -0.1) is 0 Å². The highest BCUT2D eigenvalue weighted by Gasteiger charge is 2.31. The van der Waals surface area contributed by atoms with Crippen molar-refractivity contribution in [1.29, 1.82) is 0 Å². The van der Waals surface area contributed by atoms with E-state index in [0.717, 1.165) is 0 Å². The second-order valence-corrected chi connectivity index (χ2v) is 5.09. The number of carbonyl (C=O) groups is 1. The average Bonchev–Trinajstić information content (AvgIpc) is 2.77. The fraction of sp³-hybridized carbons (Fsp3) is 0.615. The fourth-order valence-electron chi connectivity index (χ4n) is 2.41. The molecule has 0 atom stereocenters. The second kappa shape index (κ2) is 5.73. The SMILES string of the molecule is CN(Cc1ccoc1C(=O)O)CC1(O)CCOCC1. The topological polar surface area (TPSA) is 83.1 Å². The quantitative estimate of drug-likeness (QED) is 0.828. The highest BCUT2D eigenvalue weighted by molar-refractivity contribution is 5.86. The van der Waals surface area contributed by atoms with Gasteiger partial charge in [0.05, 0.1) is 11.9 Å². The van der Waals surface area contributed by atoms with Crippen LogP contribution in [0.25, 0.3) is 0 Å². The smallest absolute Gasteiger partial charge is 0.372 e. The molecule has 1 fully saturated rings. The van der Waals surface area contributed by atoms with E-state index in [4.69, 9.17) is 14.3 Å². The van der Waals surface area contributed by atoms with Crippen LogP contribution >= 0.6 is 0 Å². The van der Waals surface area contributed by atoms with Crippen molar-refractivity contribution in [2.45, 2.75) is 25.0 Å². The van der Waals surface area contributed by atoms with E-state index >= 15 is 0 Å². The molecule has 0 bridgehead atoms. The van der Waals surface area contributed by atoms with Gasteiger partial charge in [-0.05, 0) is 13.1 Å². The van der Waals surface area contributed by atoms with E-state index in [1.165, 1.54) is 6.26 Å². The van der Waals surface area contributed by atoms with Gasteiger partial charge in [-0.2, -0.15) is 0 Å². The van der Waals surface area contributed by atoms with Crippen molar-refractivity contribution in [2.75, 3.05) is 26.8 Å². The number of rotatable bonds is 5. The van der Waals surface area contributed by atoms with Crippen LogP contribution in [0.4, 0.5) is 0 Å². The van der Waals surface area contributed by atoms with Crippen LogP contribution in [0.1, 0.15) is 29.0 Å². The molecule has 6 nitrogen and oxygen atoms in total. The normalized spacial score (nSPS) is 18.7. The summed E-state index contributed by atoms with van der Waals surface area (Å²) in [5.41, 5.74) is -0.134. The number of hydrogen-bond donors (Lipinski definition) is 2. The van der Waals surface area contributed by atoms with Gasteiger partial charge in [-0.1, -0.05) is 0 Å². The minimum atomic E-state index is -1.07. The molecule has 1 aromatic rings. The lowest BCUT2D eigenvalue weighted by atomic mass is 9.94. The molecule has 0 spiro atoms. The lowest BCUT2D eigenvalue weighted by Gasteiger charge is -2.35. The van der Waals surface area contributed by atoms with Gasteiger partial charge in [0, 0.05) is 44.7 Å². The van der Waals surface area contributed by atoms with Crippen molar-refractivity contribution in [1.82, 2.24) is 4.90 Å². The van der Waals surface area contributed by atoms with Crippen molar-refractivity contribution >= 4 is 5.97 Å². The maximum absolute atomic E-state index is 10.9. The molecule has 2 rings (SSSR count). The monoisotopic (exact) mass is 269 g/mol. The summed E-state index contributed by atoms with van der Waals surface area (Å²) in [5.74, 6) is -1.11. The van der Waals surface area contributed by atoms with E-state index in [-0.39, 0.29) is 5.76 Å². The Kier molecular flexibility index (Phi) is 4.24. The molecule has 0 radical (unpaired) electrons. The first-order valence-electron chi connectivity index (χ1n) is 6.28. The summed E-state index contributed by atoms with van der Waals surface area (Å²) < 4.78 is 10.2. The minimum Gasteiger partial charge on any atom is -0.475 e. The number of likely N-dealkylation sites (N-methyl/N-ethyl adjacent to an activating group) is 1. The fourth-order valence-corrected chi connectivity index (χ4v) is 2.41. The highest BCUT2D eigenvalue weighted by atomic mass is 16.5. The molecule has 0 unspecified atom stereocenters. The molecule has 6 heteroatoms. The molecule has 1 aliphatic rings. The number of carboxylic acids is 1. The molecule has 2 N–H and O–H groups in total. The standard InChI is InChI=1S/C13H19NO5/c1-14(9-13(17)3-6-18-7-4-13)8-10-2-5-19-11(10)12(15)16/h2,5,17H,3-4,6-9H2,1H3,(H,15,16). The Morgan fingerprint density at radius 1 is 1.47 bits per heavy atom. The Morgan fingerprint density at radius 2 is 2.16 bits per heavy atom. The molecular formula is C13H19NO5. The third-order valence-corrected chi connectivity index (χ3v) is 3.37. The number of aromatic carboxylic acids is 1. The predicted molar refractivity (Wildman–Crippen MR) is 67.0 cm³/mol. The van der Waals surface area contributed by atoms with Gasteiger partial charge in [-0.25, -0.2) is 4.79 Å². The zero-order chi connectivity index (χ0) is 13.9. The van der Waals surface area contributed by atoms with Crippen LogP contribution in [0.3, 0.4) is 0 Å². The maximum atomic E-state index is 10.9. The Morgan fingerprint density at radius 3 is 2.79 bits per heavy atom. The molecule has 1 saturated heterocycles. The number of ether oxygens (including phenoxy) is 1. The largest absolute Gasteiger partial charge is 0.475 e. The third kappa shape index (κ3) is 3.56. The molecular weight excluding hydrogens is 250 g/mol. The highest BCUT2D eigenvalue weighted by Crippen LogP contribution is 2.22. The summed E-state index contributed by atoms with van der Waals surface area (Å²) in [6, 6.07) is 1.65. The van der Waals surface area contributed by atoms with Crippen molar-refractivity contribution in [3.63, 3.8) is 0 Å². The second-order valence-electron chi connectivity index (χ2n) is 5.09. The number of hydrogen-bond acceptors (Lipinski definition) is 5. The number of aliphatic hydroxyl groups is 1. The first-order chi connectivity index (χ1) is 9.00. The van der Waals surface area contributed by atoms with E-state index in [1.54, 1.807) is 6.07 Å². The Bertz CT molecular complexity index is 436. The lowest BCUT2D eigenvalue weighted by Crippen LogP contribution is -2.45. The van der Waals surface area contributed by atoms with E-state index in [2.05, 4.69) is 0 Å². The van der Waals surface area contributed by atoms with Gasteiger partial charge < -0.3 is 19.4 Å². The van der Waals surface area contributed by atoms with Gasteiger partial charge in [-0.3, -0.25) is 4.90 Å². The zero-order valence-electron chi connectivity index (χ0n) is 11.0. The molecule has 0 amide bonds. The third-order valence-electron chi connectivity index (χ3n) is 3.37. The molecule has 0 saturated carbocycles. The van der Waals surface area contributed by atoms with Crippen molar-refractivity contribution in [3.8, 4) is 0 Å². The molecule has 1 aliphatic heterocycles. The maximum Gasteiger partial charge on any atom is 0.372 e. The van der Waals surface area contributed by atoms with E-state index in [0.29, 0.717) is 44.7 Å². The summed E-state index contributed by atoms with van der Waals surface area (Å²) in [6.07, 6.45) is 2.58. The summed E-state index contributed by atoms with van der Waals surface area (Å²) in [6.45, 7) is 2.05. The Hall–Kier alpha value is -1.37. The van der Waals surface area contributed by atoms with Crippen molar-refractivity contribution in [2.24, 2.45) is 0 Å².